The molecule has 0 radical (unpaired) electrons. The smallest absolute Gasteiger partial charge is 0.0809 e. The number of nitrogens with zero attached hydrogens (tertiary/aromatic N) is 1. The van der Waals surface area contributed by atoms with Crippen molar-refractivity contribution in [3.05, 3.63) is 36.8 Å². The maximum absolute atomic E-state index is 3.83. The summed E-state index contributed by atoms with van der Waals surface area (Å²) in [6.07, 6.45) is 5.30. The van der Waals surface area contributed by atoms with Crippen LogP contribution in [0.4, 0.5) is 0 Å². The lowest BCUT2D eigenvalue weighted by Crippen LogP contribution is -2.02. The molecule has 3 nitrogen and oxygen atoms in total. The van der Waals surface area contributed by atoms with E-state index in [1.807, 2.05) is 19.1 Å². The molecule has 11 heavy (non-hydrogen) atoms. The highest BCUT2D eigenvalue weighted by Gasteiger charge is 1.96. The van der Waals surface area contributed by atoms with E-state index in [9.17, 15) is 0 Å². The molecule has 0 aromatic carbocycles. The highest BCUT2D eigenvalue weighted by atomic mass is 15.1. The summed E-state index contributed by atoms with van der Waals surface area (Å²) in [6, 6.07) is 1.89. The van der Waals surface area contributed by atoms with Crippen LogP contribution in [0.5, 0.6) is 0 Å². The van der Waals surface area contributed by atoms with Gasteiger partial charge in [-0.05, 0) is 19.2 Å². The van der Waals surface area contributed by atoms with E-state index < -0.39 is 0 Å². The van der Waals surface area contributed by atoms with Crippen LogP contribution in [0.2, 0.25) is 0 Å². The fraction of sp³-hybridized carbons (Fsp3) is 0.125. The van der Waals surface area contributed by atoms with Crippen molar-refractivity contribution in [2.24, 2.45) is 0 Å². The second-order valence-corrected chi connectivity index (χ2v) is 2.02. The Morgan fingerprint density at radius 3 is 3.09 bits per heavy atom. The highest BCUT2D eigenvalue weighted by molar-refractivity contribution is 5.60. The van der Waals surface area contributed by atoms with Gasteiger partial charge in [-0.15, -0.1) is 0 Å². The van der Waals surface area contributed by atoms with Crippen molar-refractivity contribution < 1.29 is 0 Å². The molecule has 2 N–H and O–H groups in total. The van der Waals surface area contributed by atoms with Crippen molar-refractivity contribution in [1.82, 2.24) is 15.5 Å². The van der Waals surface area contributed by atoms with Gasteiger partial charge in [0.2, 0.25) is 0 Å². The molecule has 1 aromatic heterocycles. The number of nitrogens with one attached hydrogen (secondary N) is 2. The van der Waals surface area contributed by atoms with Gasteiger partial charge in [0, 0.05) is 6.20 Å². The summed E-state index contributed by atoms with van der Waals surface area (Å²) in [5, 5.41) is 9.67. The molecule has 1 heterocycles. The molecule has 0 saturated heterocycles. The number of hydrogen-bond acceptors (Lipinski definition) is 2. The minimum atomic E-state index is 0.965. The Morgan fingerprint density at radius 1 is 1.82 bits per heavy atom. The van der Waals surface area contributed by atoms with Crippen LogP contribution < -0.4 is 5.32 Å². The van der Waals surface area contributed by atoms with Gasteiger partial charge in [0.25, 0.3) is 0 Å². The zero-order valence-corrected chi connectivity index (χ0v) is 6.46. The third-order valence-electron chi connectivity index (χ3n) is 1.34. The zero-order chi connectivity index (χ0) is 8.10. The first-order chi connectivity index (χ1) is 5.38. The van der Waals surface area contributed by atoms with Crippen LogP contribution in [0.15, 0.2) is 31.1 Å². The molecular weight excluding hydrogens is 138 g/mol. The van der Waals surface area contributed by atoms with Gasteiger partial charge in [-0.25, -0.2) is 0 Å². The Morgan fingerprint density at radius 2 is 2.64 bits per heavy atom. The SMILES string of the molecule is C=CN/C(=C\C)c1ccn[nH]1. The van der Waals surface area contributed by atoms with Crippen LogP contribution in [-0.2, 0) is 0 Å². The highest BCUT2D eigenvalue weighted by Crippen LogP contribution is 2.05. The molecule has 3 heteroatoms. The summed E-state index contributed by atoms with van der Waals surface area (Å²) in [7, 11) is 0. The Balaban J connectivity index is 2.80. The van der Waals surface area contributed by atoms with Crippen molar-refractivity contribution in [2.75, 3.05) is 0 Å². The van der Waals surface area contributed by atoms with E-state index in [2.05, 4.69) is 22.1 Å². The standard InChI is InChI=1S/C8H11N3/c1-3-7(9-4-2)8-5-6-10-11-8/h3-6,9H,2H2,1H3,(H,10,11)/b7-3-. The quantitative estimate of drug-likeness (QED) is 0.683. The summed E-state index contributed by atoms with van der Waals surface area (Å²) in [5.41, 5.74) is 1.95. The molecule has 1 aromatic rings. The third-order valence-corrected chi connectivity index (χ3v) is 1.34. The van der Waals surface area contributed by atoms with Crippen LogP contribution in [0.25, 0.3) is 5.70 Å². The number of rotatable bonds is 3. The summed E-state index contributed by atoms with van der Waals surface area (Å²) >= 11 is 0. The first-order valence-corrected chi connectivity index (χ1v) is 3.42. The minimum absolute atomic E-state index is 0.965. The molecule has 0 aliphatic heterocycles. The molecule has 0 fully saturated rings. The molecule has 0 aliphatic rings. The third kappa shape index (κ3) is 1.70. The summed E-state index contributed by atoms with van der Waals surface area (Å²) in [5.74, 6) is 0. The number of allylic oxidation sites excluding steroid dienone is 1. The molecular formula is C8H11N3. The van der Waals surface area contributed by atoms with Gasteiger partial charge in [-0.2, -0.15) is 5.10 Å². The van der Waals surface area contributed by atoms with Gasteiger partial charge in [-0.1, -0.05) is 12.7 Å². The van der Waals surface area contributed by atoms with E-state index in [1.165, 1.54) is 0 Å². The van der Waals surface area contributed by atoms with Gasteiger partial charge in [0.1, 0.15) is 0 Å². The van der Waals surface area contributed by atoms with E-state index >= 15 is 0 Å². The summed E-state index contributed by atoms with van der Waals surface area (Å²) < 4.78 is 0. The maximum Gasteiger partial charge on any atom is 0.0809 e. The number of H-pyrrole nitrogens is 1. The molecule has 0 saturated carbocycles. The Kier molecular flexibility index (Phi) is 2.49. The average molecular weight is 149 g/mol. The van der Waals surface area contributed by atoms with Gasteiger partial charge in [-0.3, -0.25) is 5.10 Å². The van der Waals surface area contributed by atoms with Gasteiger partial charge in [0.05, 0.1) is 11.4 Å². The number of aromatic amines is 1. The van der Waals surface area contributed by atoms with E-state index in [0.717, 1.165) is 11.4 Å². The van der Waals surface area contributed by atoms with Gasteiger partial charge in [0.15, 0.2) is 0 Å². The topological polar surface area (TPSA) is 40.7 Å². The minimum Gasteiger partial charge on any atom is -0.361 e. The molecule has 0 amide bonds. The number of aromatic nitrogens is 2. The lowest BCUT2D eigenvalue weighted by atomic mass is 10.3. The van der Waals surface area contributed by atoms with Crippen molar-refractivity contribution >= 4 is 5.70 Å². The van der Waals surface area contributed by atoms with Crippen LogP contribution in [0, 0.1) is 0 Å². The van der Waals surface area contributed by atoms with Crippen LogP contribution in [0.1, 0.15) is 12.6 Å². The van der Waals surface area contributed by atoms with Crippen LogP contribution in [0.3, 0.4) is 0 Å². The van der Waals surface area contributed by atoms with Crippen LogP contribution in [-0.4, -0.2) is 10.2 Å². The molecule has 0 spiro atoms. The summed E-state index contributed by atoms with van der Waals surface area (Å²) in [4.78, 5) is 0. The van der Waals surface area contributed by atoms with Crippen molar-refractivity contribution in [2.45, 2.75) is 6.92 Å². The van der Waals surface area contributed by atoms with E-state index in [4.69, 9.17) is 0 Å². The van der Waals surface area contributed by atoms with E-state index in [0.29, 0.717) is 0 Å². The van der Waals surface area contributed by atoms with E-state index in [-0.39, 0.29) is 0 Å². The fourth-order valence-electron chi connectivity index (χ4n) is 0.832. The maximum atomic E-state index is 3.83. The Bertz CT molecular complexity index is 246. The largest absolute Gasteiger partial charge is 0.361 e. The monoisotopic (exact) mass is 149 g/mol. The normalized spacial score (nSPS) is 11.2. The van der Waals surface area contributed by atoms with Gasteiger partial charge < -0.3 is 5.32 Å². The van der Waals surface area contributed by atoms with Crippen molar-refractivity contribution in [3.8, 4) is 0 Å². The second kappa shape index (κ2) is 3.61. The Labute approximate surface area is 65.8 Å². The lowest BCUT2D eigenvalue weighted by Gasteiger charge is -2.01. The molecule has 58 valence electrons. The molecule has 1 rings (SSSR count). The van der Waals surface area contributed by atoms with E-state index in [1.54, 1.807) is 12.4 Å². The second-order valence-electron chi connectivity index (χ2n) is 2.02. The van der Waals surface area contributed by atoms with Crippen molar-refractivity contribution in [3.63, 3.8) is 0 Å². The van der Waals surface area contributed by atoms with Crippen LogP contribution >= 0.6 is 0 Å². The van der Waals surface area contributed by atoms with Gasteiger partial charge >= 0.3 is 0 Å². The first-order valence-electron chi connectivity index (χ1n) is 3.42. The summed E-state index contributed by atoms with van der Waals surface area (Å²) in [6.45, 7) is 5.52. The Hall–Kier alpha value is -1.51. The van der Waals surface area contributed by atoms with Crippen molar-refractivity contribution in [1.29, 1.82) is 0 Å². The molecule has 0 bridgehead atoms. The zero-order valence-electron chi connectivity index (χ0n) is 6.46. The first kappa shape index (κ1) is 7.60. The number of hydrogen-bond donors (Lipinski definition) is 2. The lowest BCUT2D eigenvalue weighted by molar-refractivity contribution is 1.05. The predicted octanol–water partition coefficient (Wildman–Crippen LogP) is 1.50. The predicted molar refractivity (Wildman–Crippen MR) is 45.6 cm³/mol. The molecule has 0 unspecified atom stereocenters. The molecule has 0 atom stereocenters. The fourth-order valence-corrected chi connectivity index (χ4v) is 0.832. The average Bonchev–Trinajstić information content (AvgIpc) is 2.52. The molecule has 0 aliphatic carbocycles.